The van der Waals surface area contributed by atoms with E-state index in [0.29, 0.717) is 17.8 Å². The number of aromatic hydroxyl groups is 1. The Bertz CT molecular complexity index is 670. The highest BCUT2D eigenvalue weighted by Crippen LogP contribution is 2.14. The van der Waals surface area contributed by atoms with Crippen LogP contribution >= 0.6 is 0 Å². The Morgan fingerprint density at radius 2 is 2.16 bits per heavy atom. The van der Waals surface area contributed by atoms with E-state index in [1.165, 1.54) is 16.8 Å². The Kier molecular flexibility index (Phi) is 3.41. The van der Waals surface area contributed by atoms with Crippen molar-refractivity contribution in [2.75, 3.05) is 0 Å². The van der Waals surface area contributed by atoms with Crippen LogP contribution in [0.2, 0.25) is 0 Å². The lowest BCUT2D eigenvalue weighted by Crippen LogP contribution is -2.19. The highest BCUT2D eigenvalue weighted by molar-refractivity contribution is 5.70. The number of nitrogens with zero attached hydrogens (tertiary/aromatic N) is 1. The zero-order valence-corrected chi connectivity index (χ0v) is 10.4. The summed E-state index contributed by atoms with van der Waals surface area (Å²) in [5.41, 5.74) is 0.912. The number of aromatic amines is 1. The zero-order valence-electron chi connectivity index (χ0n) is 10.4. The Balaban J connectivity index is 2.57. The van der Waals surface area contributed by atoms with E-state index in [-0.39, 0.29) is 17.7 Å². The molecule has 1 aromatic carbocycles. The van der Waals surface area contributed by atoms with Gasteiger partial charge in [-0.15, -0.1) is 0 Å². The fraction of sp³-hybridized carbons (Fsp3) is 0.231. The van der Waals surface area contributed by atoms with Crippen LogP contribution in [-0.2, 0) is 17.6 Å². The largest absolute Gasteiger partial charge is 0.508 e. The van der Waals surface area contributed by atoms with Gasteiger partial charge in [0.05, 0.1) is 17.7 Å². The van der Waals surface area contributed by atoms with E-state index in [4.69, 9.17) is 5.11 Å². The van der Waals surface area contributed by atoms with Crippen LogP contribution < -0.4 is 5.56 Å². The van der Waals surface area contributed by atoms with E-state index in [2.05, 4.69) is 5.10 Å². The summed E-state index contributed by atoms with van der Waals surface area (Å²) in [6.07, 6.45) is 0.216. The van der Waals surface area contributed by atoms with Crippen molar-refractivity contribution >= 4 is 5.97 Å². The highest BCUT2D eigenvalue weighted by atomic mass is 16.4. The van der Waals surface area contributed by atoms with Crippen LogP contribution in [-0.4, -0.2) is 26.0 Å². The summed E-state index contributed by atoms with van der Waals surface area (Å²) in [4.78, 5) is 23.0. The average molecular weight is 262 g/mol. The first-order chi connectivity index (χ1) is 9.02. The smallest absolute Gasteiger partial charge is 0.308 e. The Morgan fingerprint density at radius 3 is 2.74 bits per heavy atom. The fourth-order valence-corrected chi connectivity index (χ4v) is 1.96. The first-order valence-corrected chi connectivity index (χ1v) is 5.87. The molecule has 0 saturated heterocycles. The number of aryl methyl sites for hydroxylation is 1. The van der Waals surface area contributed by atoms with E-state index >= 15 is 0 Å². The minimum absolute atomic E-state index is 0.0387. The van der Waals surface area contributed by atoms with Gasteiger partial charge < -0.3 is 10.2 Å². The lowest BCUT2D eigenvalue weighted by Gasteiger charge is -2.01. The van der Waals surface area contributed by atoms with E-state index in [1.807, 2.05) is 6.92 Å². The molecule has 0 bridgehead atoms. The first-order valence-electron chi connectivity index (χ1n) is 5.87. The van der Waals surface area contributed by atoms with E-state index in [9.17, 15) is 14.7 Å². The maximum Gasteiger partial charge on any atom is 0.308 e. The molecule has 0 unspecified atom stereocenters. The van der Waals surface area contributed by atoms with Crippen LogP contribution in [0.4, 0.5) is 0 Å². The number of carbonyl (C=O) groups is 1. The molecule has 2 aromatic rings. The third kappa shape index (κ3) is 2.52. The van der Waals surface area contributed by atoms with Crippen LogP contribution in [0, 0.1) is 0 Å². The van der Waals surface area contributed by atoms with Gasteiger partial charge in [0.15, 0.2) is 0 Å². The number of hydrogen-bond donors (Lipinski definition) is 3. The van der Waals surface area contributed by atoms with E-state index in [1.54, 1.807) is 12.1 Å². The second-order valence-corrected chi connectivity index (χ2v) is 4.15. The van der Waals surface area contributed by atoms with E-state index in [0.717, 1.165) is 0 Å². The number of aliphatic carboxylic acids is 1. The third-order valence-electron chi connectivity index (χ3n) is 2.84. The van der Waals surface area contributed by atoms with Gasteiger partial charge in [0.25, 0.3) is 5.56 Å². The molecule has 0 atom stereocenters. The van der Waals surface area contributed by atoms with Crippen molar-refractivity contribution < 1.29 is 15.0 Å². The number of rotatable bonds is 4. The molecule has 1 aromatic heterocycles. The fourth-order valence-electron chi connectivity index (χ4n) is 1.96. The second-order valence-electron chi connectivity index (χ2n) is 4.15. The number of carboxylic acids is 1. The zero-order chi connectivity index (χ0) is 14.0. The summed E-state index contributed by atoms with van der Waals surface area (Å²) >= 11 is 0. The van der Waals surface area contributed by atoms with Crippen molar-refractivity contribution in [2.45, 2.75) is 19.8 Å². The molecule has 0 fully saturated rings. The van der Waals surface area contributed by atoms with Gasteiger partial charge >= 0.3 is 5.97 Å². The first kappa shape index (κ1) is 12.9. The quantitative estimate of drug-likeness (QED) is 0.767. The maximum atomic E-state index is 12.2. The van der Waals surface area contributed by atoms with Gasteiger partial charge in [-0.2, -0.15) is 0 Å². The molecule has 0 saturated carbocycles. The molecule has 0 aliphatic rings. The second kappa shape index (κ2) is 5.01. The van der Waals surface area contributed by atoms with Crippen LogP contribution in [0.15, 0.2) is 29.1 Å². The Labute approximate surface area is 108 Å². The molecule has 1 heterocycles. The lowest BCUT2D eigenvalue weighted by molar-refractivity contribution is -0.136. The maximum absolute atomic E-state index is 12.2. The summed E-state index contributed by atoms with van der Waals surface area (Å²) in [6.45, 7) is 1.84. The van der Waals surface area contributed by atoms with Gasteiger partial charge in [0.1, 0.15) is 5.75 Å². The third-order valence-corrected chi connectivity index (χ3v) is 2.84. The minimum atomic E-state index is -1.05. The molecule has 6 nitrogen and oxygen atoms in total. The number of hydrogen-bond acceptors (Lipinski definition) is 3. The minimum Gasteiger partial charge on any atom is -0.508 e. The molecule has 0 aliphatic carbocycles. The number of phenolic OH excluding ortho intramolecular Hbond substituents is 1. The van der Waals surface area contributed by atoms with Gasteiger partial charge in [0.2, 0.25) is 0 Å². The molecular formula is C13H14N2O4. The molecule has 0 spiro atoms. The predicted octanol–water partition coefficient (Wildman–Crippen LogP) is 1.06. The van der Waals surface area contributed by atoms with Gasteiger partial charge in [-0.05, 0) is 18.6 Å². The number of phenols is 1. The SMILES string of the molecule is CCc1[nH]n(-c2cccc(O)c2)c(=O)c1CC(=O)O. The summed E-state index contributed by atoms with van der Waals surface area (Å²) in [6, 6.07) is 6.19. The molecular weight excluding hydrogens is 248 g/mol. The van der Waals surface area contributed by atoms with Crippen LogP contribution in [0.3, 0.4) is 0 Å². The average Bonchev–Trinajstić information content (AvgIpc) is 2.66. The lowest BCUT2D eigenvalue weighted by atomic mass is 10.1. The van der Waals surface area contributed by atoms with Crippen LogP contribution in [0.5, 0.6) is 5.75 Å². The van der Waals surface area contributed by atoms with Crippen molar-refractivity contribution in [1.29, 1.82) is 0 Å². The number of H-pyrrole nitrogens is 1. The molecule has 3 N–H and O–H groups in total. The molecule has 0 radical (unpaired) electrons. The molecule has 6 heteroatoms. The van der Waals surface area contributed by atoms with Gasteiger partial charge in [-0.3, -0.25) is 14.7 Å². The van der Waals surface area contributed by atoms with Crippen LogP contribution in [0.25, 0.3) is 5.69 Å². The number of benzene rings is 1. The summed E-state index contributed by atoms with van der Waals surface area (Å²) < 4.78 is 1.25. The predicted molar refractivity (Wildman–Crippen MR) is 68.8 cm³/mol. The molecule has 0 aliphatic heterocycles. The molecule has 100 valence electrons. The van der Waals surface area contributed by atoms with Crippen molar-refractivity contribution in [1.82, 2.24) is 9.78 Å². The Hall–Kier alpha value is -2.50. The van der Waals surface area contributed by atoms with Crippen LogP contribution in [0.1, 0.15) is 18.2 Å². The van der Waals surface area contributed by atoms with Crippen molar-refractivity contribution in [3.63, 3.8) is 0 Å². The topological polar surface area (TPSA) is 95.3 Å². The standard InChI is InChI=1S/C13H14N2O4/c1-2-11-10(7-12(17)18)13(19)15(14-11)8-4-3-5-9(16)6-8/h3-6,14,16H,2,7H2,1H3,(H,17,18). The Morgan fingerprint density at radius 1 is 1.42 bits per heavy atom. The van der Waals surface area contributed by atoms with Gasteiger partial charge in [-0.1, -0.05) is 13.0 Å². The molecule has 2 rings (SSSR count). The molecule has 19 heavy (non-hydrogen) atoms. The monoisotopic (exact) mass is 262 g/mol. The normalized spacial score (nSPS) is 10.6. The van der Waals surface area contributed by atoms with Gasteiger partial charge in [0, 0.05) is 11.8 Å². The van der Waals surface area contributed by atoms with Crippen molar-refractivity contribution in [3.05, 3.63) is 45.9 Å². The van der Waals surface area contributed by atoms with Crippen molar-refractivity contribution in [2.24, 2.45) is 0 Å². The summed E-state index contributed by atoms with van der Waals surface area (Å²) in [5, 5.41) is 21.1. The number of aromatic nitrogens is 2. The van der Waals surface area contributed by atoms with Gasteiger partial charge in [-0.25, -0.2) is 4.68 Å². The molecule has 0 amide bonds. The number of nitrogens with one attached hydrogen (secondary N) is 1. The summed E-state index contributed by atoms with van der Waals surface area (Å²) in [5.74, 6) is -1.01. The highest BCUT2D eigenvalue weighted by Gasteiger charge is 2.16. The summed E-state index contributed by atoms with van der Waals surface area (Å²) in [7, 11) is 0. The number of carboxylic acid groups (broad SMARTS) is 1. The van der Waals surface area contributed by atoms with Crippen molar-refractivity contribution in [3.8, 4) is 11.4 Å². The van der Waals surface area contributed by atoms with E-state index < -0.39 is 11.5 Å².